The lowest BCUT2D eigenvalue weighted by atomic mass is 9.87. The molecular weight excluding hydrogens is 248 g/mol. The molecule has 18 heavy (non-hydrogen) atoms. The summed E-state index contributed by atoms with van der Waals surface area (Å²) in [5.41, 5.74) is 6.35. The van der Waals surface area contributed by atoms with Crippen molar-refractivity contribution in [3.8, 4) is 0 Å². The largest absolute Gasteiger partial charge is 0.338 e. The van der Waals surface area contributed by atoms with E-state index < -0.39 is 0 Å². The van der Waals surface area contributed by atoms with Crippen LogP contribution in [0.25, 0.3) is 0 Å². The monoisotopic (exact) mass is 266 g/mol. The maximum atomic E-state index is 12.4. The van der Waals surface area contributed by atoms with Crippen molar-refractivity contribution in [3.05, 3.63) is 34.9 Å². The van der Waals surface area contributed by atoms with Crippen molar-refractivity contribution in [1.82, 2.24) is 4.90 Å². The highest BCUT2D eigenvalue weighted by Gasteiger charge is 2.28. The summed E-state index contributed by atoms with van der Waals surface area (Å²) in [6.45, 7) is 4.37. The van der Waals surface area contributed by atoms with Gasteiger partial charge in [-0.05, 0) is 36.9 Å². The minimum absolute atomic E-state index is 0.0194. The molecule has 0 aromatic heterocycles. The molecule has 0 radical (unpaired) electrons. The molecule has 98 valence electrons. The first-order valence-corrected chi connectivity index (χ1v) is 6.75. The van der Waals surface area contributed by atoms with Crippen LogP contribution in [-0.4, -0.2) is 30.4 Å². The minimum Gasteiger partial charge on any atom is -0.338 e. The highest BCUT2D eigenvalue weighted by molar-refractivity contribution is 6.33. The van der Waals surface area contributed by atoms with Gasteiger partial charge in [-0.25, -0.2) is 0 Å². The molecule has 1 saturated heterocycles. The maximum Gasteiger partial charge on any atom is 0.255 e. The summed E-state index contributed by atoms with van der Waals surface area (Å²) in [6, 6.07) is 7.20. The van der Waals surface area contributed by atoms with Crippen molar-refractivity contribution < 1.29 is 4.79 Å². The van der Waals surface area contributed by atoms with Crippen LogP contribution in [0.15, 0.2) is 24.3 Å². The second-order valence-corrected chi connectivity index (χ2v) is 5.40. The Kier molecular flexibility index (Phi) is 4.25. The van der Waals surface area contributed by atoms with E-state index >= 15 is 0 Å². The lowest BCUT2D eigenvalue weighted by Crippen LogP contribution is -2.45. The predicted molar refractivity (Wildman–Crippen MR) is 73.7 cm³/mol. The number of carbonyl (C=O) groups excluding carboxylic acids is 1. The van der Waals surface area contributed by atoms with E-state index in [1.54, 1.807) is 12.1 Å². The van der Waals surface area contributed by atoms with Gasteiger partial charge in [0, 0.05) is 13.1 Å². The Morgan fingerprint density at radius 2 is 2.22 bits per heavy atom. The van der Waals surface area contributed by atoms with E-state index in [1.165, 1.54) is 0 Å². The number of likely N-dealkylation sites (tertiary alicyclic amines) is 1. The van der Waals surface area contributed by atoms with E-state index in [2.05, 4.69) is 6.92 Å². The summed E-state index contributed by atoms with van der Waals surface area (Å²) < 4.78 is 0. The van der Waals surface area contributed by atoms with Gasteiger partial charge in [0.1, 0.15) is 0 Å². The van der Waals surface area contributed by atoms with Crippen LogP contribution in [0, 0.1) is 11.8 Å². The number of piperidine rings is 1. The van der Waals surface area contributed by atoms with Gasteiger partial charge in [-0.1, -0.05) is 30.7 Å². The SMILES string of the molecule is CC1CCN(C(=O)c2ccccc2Cl)CC1CN. The fourth-order valence-corrected chi connectivity index (χ4v) is 2.66. The van der Waals surface area contributed by atoms with Crippen LogP contribution in [0.3, 0.4) is 0 Å². The van der Waals surface area contributed by atoms with Crippen molar-refractivity contribution in [2.24, 2.45) is 17.6 Å². The molecule has 1 heterocycles. The van der Waals surface area contributed by atoms with Crippen LogP contribution >= 0.6 is 11.6 Å². The van der Waals surface area contributed by atoms with Gasteiger partial charge in [-0.15, -0.1) is 0 Å². The number of halogens is 1. The zero-order valence-electron chi connectivity index (χ0n) is 10.6. The first-order valence-electron chi connectivity index (χ1n) is 6.37. The minimum atomic E-state index is 0.0194. The van der Waals surface area contributed by atoms with Crippen LogP contribution in [0.5, 0.6) is 0 Å². The smallest absolute Gasteiger partial charge is 0.255 e. The number of amides is 1. The topological polar surface area (TPSA) is 46.3 Å². The zero-order chi connectivity index (χ0) is 13.1. The Labute approximate surface area is 113 Å². The van der Waals surface area contributed by atoms with E-state index in [9.17, 15) is 4.79 Å². The van der Waals surface area contributed by atoms with Crippen molar-refractivity contribution in [1.29, 1.82) is 0 Å². The van der Waals surface area contributed by atoms with Gasteiger partial charge in [-0.2, -0.15) is 0 Å². The maximum absolute atomic E-state index is 12.4. The first kappa shape index (κ1) is 13.4. The fourth-order valence-electron chi connectivity index (χ4n) is 2.45. The van der Waals surface area contributed by atoms with E-state index in [-0.39, 0.29) is 5.91 Å². The van der Waals surface area contributed by atoms with E-state index in [0.717, 1.165) is 19.5 Å². The molecule has 1 aromatic rings. The molecule has 2 atom stereocenters. The average Bonchev–Trinajstić information content (AvgIpc) is 2.39. The van der Waals surface area contributed by atoms with Gasteiger partial charge in [-0.3, -0.25) is 4.79 Å². The van der Waals surface area contributed by atoms with Crippen molar-refractivity contribution in [2.75, 3.05) is 19.6 Å². The highest BCUT2D eigenvalue weighted by Crippen LogP contribution is 2.25. The molecule has 3 nitrogen and oxygen atoms in total. The third-order valence-corrected chi connectivity index (χ3v) is 4.14. The zero-order valence-corrected chi connectivity index (χ0v) is 11.4. The third kappa shape index (κ3) is 2.68. The quantitative estimate of drug-likeness (QED) is 0.894. The number of hydrogen-bond acceptors (Lipinski definition) is 2. The predicted octanol–water partition coefficient (Wildman–Crippen LogP) is 2.40. The third-order valence-electron chi connectivity index (χ3n) is 3.81. The Hall–Kier alpha value is -1.06. The number of hydrogen-bond donors (Lipinski definition) is 1. The number of carbonyl (C=O) groups is 1. The second-order valence-electron chi connectivity index (χ2n) is 4.99. The molecule has 1 fully saturated rings. The van der Waals surface area contributed by atoms with Crippen LogP contribution in [-0.2, 0) is 0 Å². The van der Waals surface area contributed by atoms with Crippen molar-refractivity contribution in [3.63, 3.8) is 0 Å². The normalized spacial score (nSPS) is 24.1. The molecular formula is C14H19ClN2O. The number of benzene rings is 1. The molecule has 2 unspecified atom stereocenters. The summed E-state index contributed by atoms with van der Waals surface area (Å²) in [7, 11) is 0. The van der Waals surface area contributed by atoms with Crippen LogP contribution < -0.4 is 5.73 Å². The molecule has 1 aromatic carbocycles. The van der Waals surface area contributed by atoms with Crippen LogP contribution in [0.4, 0.5) is 0 Å². The molecule has 1 amide bonds. The molecule has 2 rings (SSSR count). The molecule has 1 aliphatic rings. The number of nitrogens with zero attached hydrogens (tertiary/aromatic N) is 1. The summed E-state index contributed by atoms with van der Waals surface area (Å²) in [6.07, 6.45) is 1.01. The van der Waals surface area contributed by atoms with Crippen LogP contribution in [0.2, 0.25) is 5.02 Å². The van der Waals surface area contributed by atoms with Crippen molar-refractivity contribution in [2.45, 2.75) is 13.3 Å². The van der Waals surface area contributed by atoms with Gasteiger partial charge >= 0.3 is 0 Å². The summed E-state index contributed by atoms with van der Waals surface area (Å²) >= 11 is 6.07. The van der Waals surface area contributed by atoms with Crippen LogP contribution in [0.1, 0.15) is 23.7 Å². The Bertz CT molecular complexity index is 436. The van der Waals surface area contributed by atoms with Crippen molar-refractivity contribution >= 4 is 17.5 Å². The van der Waals surface area contributed by atoms with Gasteiger partial charge in [0.15, 0.2) is 0 Å². The molecule has 0 bridgehead atoms. The summed E-state index contributed by atoms with van der Waals surface area (Å²) in [5.74, 6) is 1.00. The fraction of sp³-hybridized carbons (Fsp3) is 0.500. The van der Waals surface area contributed by atoms with Gasteiger partial charge < -0.3 is 10.6 Å². The molecule has 2 N–H and O–H groups in total. The second kappa shape index (κ2) is 5.72. The van der Waals surface area contributed by atoms with E-state index in [1.807, 2.05) is 17.0 Å². The van der Waals surface area contributed by atoms with Gasteiger partial charge in [0.2, 0.25) is 0 Å². The first-order chi connectivity index (χ1) is 8.63. The highest BCUT2D eigenvalue weighted by atomic mass is 35.5. The summed E-state index contributed by atoms with van der Waals surface area (Å²) in [5, 5.41) is 0.519. The van der Waals surface area contributed by atoms with Gasteiger partial charge in [0.05, 0.1) is 10.6 Å². The average molecular weight is 267 g/mol. The van der Waals surface area contributed by atoms with E-state index in [0.29, 0.717) is 29.0 Å². The molecule has 0 saturated carbocycles. The number of nitrogens with two attached hydrogens (primary N) is 1. The number of rotatable bonds is 2. The van der Waals surface area contributed by atoms with Gasteiger partial charge in [0.25, 0.3) is 5.91 Å². The van der Waals surface area contributed by atoms with E-state index in [4.69, 9.17) is 17.3 Å². The molecule has 0 spiro atoms. The Balaban J connectivity index is 2.13. The lowest BCUT2D eigenvalue weighted by molar-refractivity contribution is 0.0618. The standard InChI is InChI=1S/C14H19ClN2O/c1-10-6-7-17(9-11(10)8-16)14(18)12-4-2-3-5-13(12)15/h2-5,10-11H,6-9,16H2,1H3. The molecule has 1 aliphatic heterocycles. The lowest BCUT2D eigenvalue weighted by Gasteiger charge is -2.36. The Morgan fingerprint density at radius 3 is 2.89 bits per heavy atom. The molecule has 4 heteroatoms. The Morgan fingerprint density at radius 1 is 1.50 bits per heavy atom. The summed E-state index contributed by atoms with van der Waals surface area (Å²) in [4.78, 5) is 14.3. The molecule has 0 aliphatic carbocycles.